The van der Waals surface area contributed by atoms with Gasteiger partial charge in [0.15, 0.2) is 5.82 Å². The van der Waals surface area contributed by atoms with Crippen molar-refractivity contribution < 1.29 is 9.63 Å². The van der Waals surface area contributed by atoms with Crippen molar-refractivity contribution in [2.45, 2.75) is 57.0 Å². The fraction of sp³-hybridized carbons (Fsp3) is 0.833. The minimum Gasteiger partial charge on any atom is -0.393 e. The molecular weight excluding hydrogens is 204 g/mol. The molecule has 88 valence electrons. The number of rotatable bonds is 3. The SMILES string of the molecule is OC1CCC(c2nc(CC3CC3)no2)CC1. The number of aromatic nitrogens is 2. The van der Waals surface area contributed by atoms with E-state index in [9.17, 15) is 5.11 Å². The molecule has 2 fully saturated rings. The fourth-order valence-electron chi connectivity index (χ4n) is 2.42. The third kappa shape index (κ3) is 2.26. The molecule has 0 saturated heterocycles. The van der Waals surface area contributed by atoms with E-state index in [0.29, 0.717) is 5.92 Å². The quantitative estimate of drug-likeness (QED) is 0.850. The van der Waals surface area contributed by atoms with Gasteiger partial charge in [-0.3, -0.25) is 0 Å². The summed E-state index contributed by atoms with van der Waals surface area (Å²) in [4.78, 5) is 4.48. The second-order valence-corrected chi connectivity index (χ2v) is 5.20. The first-order valence-electron chi connectivity index (χ1n) is 6.32. The van der Waals surface area contributed by atoms with Crippen LogP contribution in [-0.4, -0.2) is 21.4 Å². The minimum atomic E-state index is -0.120. The van der Waals surface area contributed by atoms with Crippen molar-refractivity contribution in [1.82, 2.24) is 10.1 Å². The van der Waals surface area contributed by atoms with E-state index in [1.54, 1.807) is 0 Å². The summed E-state index contributed by atoms with van der Waals surface area (Å²) in [6.07, 6.45) is 7.19. The van der Waals surface area contributed by atoms with Crippen LogP contribution in [0.2, 0.25) is 0 Å². The van der Waals surface area contributed by atoms with Gasteiger partial charge in [0.2, 0.25) is 5.89 Å². The van der Waals surface area contributed by atoms with Crippen LogP contribution in [0.3, 0.4) is 0 Å². The van der Waals surface area contributed by atoms with Crippen molar-refractivity contribution in [3.8, 4) is 0 Å². The lowest BCUT2D eigenvalue weighted by Crippen LogP contribution is -2.17. The highest BCUT2D eigenvalue weighted by atomic mass is 16.5. The largest absolute Gasteiger partial charge is 0.393 e. The van der Waals surface area contributed by atoms with Crippen LogP contribution in [0, 0.1) is 5.92 Å². The summed E-state index contributed by atoms with van der Waals surface area (Å²) in [5.74, 6) is 2.86. The first-order chi connectivity index (χ1) is 7.81. The molecule has 0 bridgehead atoms. The summed E-state index contributed by atoms with van der Waals surface area (Å²) < 4.78 is 5.33. The normalized spacial score (nSPS) is 30.6. The number of hydrogen-bond donors (Lipinski definition) is 1. The fourth-order valence-corrected chi connectivity index (χ4v) is 2.42. The van der Waals surface area contributed by atoms with Crippen molar-refractivity contribution >= 4 is 0 Å². The lowest BCUT2D eigenvalue weighted by atomic mass is 9.87. The molecule has 0 amide bonds. The van der Waals surface area contributed by atoms with E-state index in [1.165, 1.54) is 12.8 Å². The van der Waals surface area contributed by atoms with E-state index in [2.05, 4.69) is 10.1 Å². The average Bonchev–Trinajstić information content (AvgIpc) is 2.97. The second-order valence-electron chi connectivity index (χ2n) is 5.20. The van der Waals surface area contributed by atoms with Gasteiger partial charge in [0, 0.05) is 12.3 Å². The zero-order chi connectivity index (χ0) is 11.0. The second kappa shape index (κ2) is 4.17. The monoisotopic (exact) mass is 222 g/mol. The number of hydrogen-bond acceptors (Lipinski definition) is 4. The maximum atomic E-state index is 9.44. The van der Waals surface area contributed by atoms with E-state index in [0.717, 1.165) is 49.7 Å². The topological polar surface area (TPSA) is 59.2 Å². The zero-order valence-electron chi connectivity index (χ0n) is 9.43. The van der Waals surface area contributed by atoms with Crippen molar-refractivity contribution in [3.05, 3.63) is 11.7 Å². The lowest BCUT2D eigenvalue weighted by Gasteiger charge is -2.22. The van der Waals surface area contributed by atoms with Crippen molar-refractivity contribution in [2.75, 3.05) is 0 Å². The van der Waals surface area contributed by atoms with Crippen LogP contribution < -0.4 is 0 Å². The molecule has 16 heavy (non-hydrogen) atoms. The summed E-state index contributed by atoms with van der Waals surface area (Å²) in [5.41, 5.74) is 0. The number of aliphatic hydroxyl groups is 1. The van der Waals surface area contributed by atoms with Crippen LogP contribution in [0.1, 0.15) is 56.2 Å². The van der Waals surface area contributed by atoms with Crippen molar-refractivity contribution in [1.29, 1.82) is 0 Å². The number of aliphatic hydroxyl groups excluding tert-OH is 1. The van der Waals surface area contributed by atoms with Gasteiger partial charge in [-0.15, -0.1) is 0 Å². The first-order valence-corrected chi connectivity index (χ1v) is 6.32. The summed E-state index contributed by atoms with van der Waals surface area (Å²) in [6, 6.07) is 0. The third-order valence-corrected chi connectivity index (χ3v) is 3.70. The molecule has 4 nitrogen and oxygen atoms in total. The molecule has 1 N–H and O–H groups in total. The molecule has 0 aliphatic heterocycles. The molecule has 0 unspecified atom stereocenters. The molecule has 2 aliphatic carbocycles. The van der Waals surface area contributed by atoms with Gasteiger partial charge in [-0.1, -0.05) is 5.16 Å². The van der Waals surface area contributed by atoms with Gasteiger partial charge in [0.1, 0.15) is 0 Å². The summed E-state index contributed by atoms with van der Waals surface area (Å²) in [6.45, 7) is 0. The van der Waals surface area contributed by atoms with Crippen LogP contribution in [0.15, 0.2) is 4.52 Å². The Hall–Kier alpha value is -0.900. The Morgan fingerprint density at radius 1 is 1.12 bits per heavy atom. The summed E-state index contributed by atoms with van der Waals surface area (Å²) in [7, 11) is 0. The molecule has 4 heteroatoms. The molecule has 2 saturated carbocycles. The highest BCUT2D eigenvalue weighted by molar-refractivity contribution is 4.98. The summed E-state index contributed by atoms with van der Waals surface area (Å²) in [5, 5.41) is 13.5. The van der Waals surface area contributed by atoms with Crippen LogP contribution in [0.25, 0.3) is 0 Å². The Morgan fingerprint density at radius 2 is 1.88 bits per heavy atom. The Morgan fingerprint density at radius 3 is 2.56 bits per heavy atom. The standard InChI is InChI=1S/C12H18N2O2/c15-10-5-3-9(4-6-10)12-13-11(14-16-12)7-8-1-2-8/h8-10,15H,1-7H2. The molecule has 1 heterocycles. The summed E-state index contributed by atoms with van der Waals surface area (Å²) >= 11 is 0. The highest BCUT2D eigenvalue weighted by Gasteiger charge is 2.27. The molecule has 0 atom stereocenters. The molecule has 0 spiro atoms. The minimum absolute atomic E-state index is 0.120. The predicted octanol–water partition coefficient (Wildman–Crippen LogP) is 2.04. The molecule has 2 aliphatic rings. The van der Waals surface area contributed by atoms with Crippen LogP contribution in [-0.2, 0) is 6.42 Å². The molecule has 0 aromatic carbocycles. The van der Waals surface area contributed by atoms with E-state index in [-0.39, 0.29) is 6.10 Å². The predicted molar refractivity (Wildman–Crippen MR) is 57.9 cm³/mol. The number of nitrogens with zero attached hydrogens (tertiary/aromatic N) is 2. The van der Waals surface area contributed by atoms with Crippen LogP contribution in [0.5, 0.6) is 0 Å². The molecular formula is C12H18N2O2. The maximum Gasteiger partial charge on any atom is 0.229 e. The zero-order valence-corrected chi connectivity index (χ0v) is 9.43. The molecule has 1 aromatic heterocycles. The van der Waals surface area contributed by atoms with Gasteiger partial charge in [0.05, 0.1) is 6.10 Å². The van der Waals surface area contributed by atoms with E-state index in [4.69, 9.17) is 4.52 Å². The van der Waals surface area contributed by atoms with E-state index < -0.39 is 0 Å². The average molecular weight is 222 g/mol. The molecule has 3 rings (SSSR count). The van der Waals surface area contributed by atoms with Gasteiger partial charge >= 0.3 is 0 Å². The van der Waals surface area contributed by atoms with Gasteiger partial charge < -0.3 is 9.63 Å². The van der Waals surface area contributed by atoms with Crippen molar-refractivity contribution in [2.24, 2.45) is 5.92 Å². The highest BCUT2D eigenvalue weighted by Crippen LogP contribution is 2.34. The van der Waals surface area contributed by atoms with E-state index in [1.807, 2.05) is 0 Å². The van der Waals surface area contributed by atoms with Gasteiger partial charge in [-0.2, -0.15) is 4.98 Å². The molecule has 1 aromatic rings. The van der Waals surface area contributed by atoms with Gasteiger partial charge in [0.25, 0.3) is 0 Å². The van der Waals surface area contributed by atoms with Crippen molar-refractivity contribution in [3.63, 3.8) is 0 Å². The third-order valence-electron chi connectivity index (χ3n) is 3.70. The van der Waals surface area contributed by atoms with Crippen LogP contribution >= 0.6 is 0 Å². The smallest absolute Gasteiger partial charge is 0.229 e. The maximum absolute atomic E-state index is 9.44. The lowest BCUT2D eigenvalue weighted by molar-refractivity contribution is 0.116. The Bertz CT molecular complexity index is 352. The van der Waals surface area contributed by atoms with Crippen LogP contribution in [0.4, 0.5) is 0 Å². The Labute approximate surface area is 95.0 Å². The van der Waals surface area contributed by atoms with Gasteiger partial charge in [-0.05, 0) is 44.4 Å². The Balaban J connectivity index is 1.62. The molecule has 0 radical (unpaired) electrons. The van der Waals surface area contributed by atoms with E-state index >= 15 is 0 Å². The Kier molecular flexibility index (Phi) is 2.67. The van der Waals surface area contributed by atoms with Gasteiger partial charge in [-0.25, -0.2) is 0 Å². The first kappa shape index (κ1) is 10.3.